The number of carbonyl (C=O) groups is 1. The Kier molecular flexibility index (Phi) is 6.49. The molecular formula is C21H21F3N4O5S. The van der Waals surface area contributed by atoms with Gasteiger partial charge in [0.25, 0.3) is 11.6 Å². The van der Waals surface area contributed by atoms with E-state index in [9.17, 15) is 36.5 Å². The standard InChI is InChI=1S/C21H21F3N4O5S/c22-15-4-6-18(20(24)19(15)23)34(32,33)27-11-9-26(10-12-27)21(29)14-3-5-16(17(13-14)28(30)31)25-7-1-2-8-25/h3-6,13H,1-2,7-12H2. The topological polar surface area (TPSA) is 104 Å². The number of rotatable bonds is 5. The molecule has 0 unspecified atom stereocenters. The number of hydrogen-bond acceptors (Lipinski definition) is 6. The lowest BCUT2D eigenvalue weighted by Crippen LogP contribution is -2.50. The molecule has 2 aliphatic heterocycles. The number of nitrogens with zero attached hydrogens (tertiary/aromatic N) is 4. The molecule has 0 saturated carbocycles. The van der Waals surface area contributed by atoms with Gasteiger partial charge in [-0.05, 0) is 37.1 Å². The Hall–Kier alpha value is -3.19. The Morgan fingerprint density at radius 1 is 0.912 bits per heavy atom. The number of nitro groups is 1. The first-order valence-electron chi connectivity index (χ1n) is 10.6. The summed E-state index contributed by atoms with van der Waals surface area (Å²) in [6.45, 7) is 0.850. The van der Waals surface area contributed by atoms with Gasteiger partial charge in [0.05, 0.1) is 4.92 Å². The van der Waals surface area contributed by atoms with Crippen molar-refractivity contribution in [1.29, 1.82) is 0 Å². The van der Waals surface area contributed by atoms with Gasteiger partial charge in [-0.3, -0.25) is 14.9 Å². The molecule has 2 fully saturated rings. The molecule has 0 N–H and O–H groups in total. The van der Waals surface area contributed by atoms with E-state index >= 15 is 0 Å². The van der Waals surface area contributed by atoms with Gasteiger partial charge in [0.2, 0.25) is 10.0 Å². The Labute approximate surface area is 193 Å². The number of carbonyl (C=O) groups excluding carboxylic acids is 1. The molecule has 2 saturated heterocycles. The van der Waals surface area contributed by atoms with Crippen LogP contribution in [0.5, 0.6) is 0 Å². The fourth-order valence-corrected chi connectivity index (χ4v) is 5.67. The van der Waals surface area contributed by atoms with Crippen LogP contribution in [0.3, 0.4) is 0 Å². The first-order valence-corrected chi connectivity index (χ1v) is 12.0. The average molecular weight is 498 g/mol. The average Bonchev–Trinajstić information content (AvgIpc) is 3.36. The number of benzene rings is 2. The predicted octanol–water partition coefficient (Wildman–Crippen LogP) is 2.76. The third kappa shape index (κ3) is 4.32. The summed E-state index contributed by atoms with van der Waals surface area (Å²) in [5, 5.41) is 11.6. The monoisotopic (exact) mass is 498 g/mol. The molecule has 34 heavy (non-hydrogen) atoms. The number of piperazine rings is 1. The van der Waals surface area contributed by atoms with Crippen LogP contribution in [0.15, 0.2) is 35.2 Å². The van der Waals surface area contributed by atoms with Crippen LogP contribution < -0.4 is 4.90 Å². The molecule has 0 atom stereocenters. The minimum absolute atomic E-state index is 0.0645. The predicted molar refractivity (Wildman–Crippen MR) is 116 cm³/mol. The van der Waals surface area contributed by atoms with Gasteiger partial charge in [0.15, 0.2) is 17.5 Å². The molecule has 4 rings (SSSR count). The lowest BCUT2D eigenvalue weighted by Gasteiger charge is -2.34. The van der Waals surface area contributed by atoms with Crippen molar-refractivity contribution in [3.63, 3.8) is 0 Å². The maximum Gasteiger partial charge on any atom is 0.293 e. The van der Waals surface area contributed by atoms with Gasteiger partial charge in [-0.2, -0.15) is 4.31 Å². The van der Waals surface area contributed by atoms with Gasteiger partial charge >= 0.3 is 0 Å². The van der Waals surface area contributed by atoms with E-state index in [1.165, 1.54) is 17.0 Å². The van der Waals surface area contributed by atoms with E-state index in [2.05, 4.69) is 0 Å². The van der Waals surface area contributed by atoms with Crippen LogP contribution >= 0.6 is 0 Å². The Morgan fingerprint density at radius 3 is 2.18 bits per heavy atom. The Morgan fingerprint density at radius 2 is 1.56 bits per heavy atom. The number of sulfonamides is 1. The highest BCUT2D eigenvalue weighted by molar-refractivity contribution is 7.89. The number of halogens is 3. The summed E-state index contributed by atoms with van der Waals surface area (Å²) in [5.41, 5.74) is 0.365. The van der Waals surface area contributed by atoms with Crippen molar-refractivity contribution in [2.24, 2.45) is 0 Å². The van der Waals surface area contributed by atoms with E-state index in [-0.39, 0.29) is 37.4 Å². The van der Waals surface area contributed by atoms with Crippen LogP contribution in [0, 0.1) is 27.6 Å². The molecule has 182 valence electrons. The Balaban J connectivity index is 1.49. The van der Waals surface area contributed by atoms with Crippen LogP contribution in [0.2, 0.25) is 0 Å². The molecule has 0 bridgehead atoms. The molecule has 13 heteroatoms. The van der Waals surface area contributed by atoms with E-state index in [0.717, 1.165) is 17.1 Å². The van der Waals surface area contributed by atoms with Gasteiger partial charge in [0, 0.05) is 50.9 Å². The van der Waals surface area contributed by atoms with Gasteiger partial charge in [0.1, 0.15) is 10.6 Å². The number of amides is 1. The van der Waals surface area contributed by atoms with Crippen LogP contribution in [0.25, 0.3) is 0 Å². The van der Waals surface area contributed by atoms with Crippen molar-refractivity contribution < 1.29 is 31.3 Å². The zero-order valence-electron chi connectivity index (χ0n) is 17.9. The lowest BCUT2D eigenvalue weighted by atomic mass is 10.1. The SMILES string of the molecule is O=C(c1ccc(N2CCCC2)c([N+](=O)[O-])c1)N1CCN(S(=O)(=O)c2ccc(F)c(F)c2F)CC1. The van der Waals surface area contributed by atoms with Gasteiger partial charge in [-0.15, -0.1) is 0 Å². The van der Waals surface area contributed by atoms with Gasteiger partial charge < -0.3 is 9.80 Å². The highest BCUT2D eigenvalue weighted by Gasteiger charge is 2.34. The minimum Gasteiger partial charge on any atom is -0.366 e. The smallest absolute Gasteiger partial charge is 0.293 e. The van der Waals surface area contributed by atoms with E-state index in [4.69, 9.17) is 0 Å². The Bertz CT molecular complexity index is 1240. The fourth-order valence-electron chi connectivity index (χ4n) is 4.19. The largest absolute Gasteiger partial charge is 0.366 e. The summed E-state index contributed by atoms with van der Waals surface area (Å²) in [4.78, 5) is 26.2. The van der Waals surface area contributed by atoms with Gasteiger partial charge in [-0.1, -0.05) is 0 Å². The molecule has 0 radical (unpaired) electrons. The van der Waals surface area contributed by atoms with Crippen LogP contribution in [-0.2, 0) is 10.0 Å². The van der Waals surface area contributed by atoms with Crippen molar-refractivity contribution in [3.8, 4) is 0 Å². The summed E-state index contributed by atoms with van der Waals surface area (Å²) in [6.07, 6.45) is 1.86. The van der Waals surface area contributed by atoms with E-state index in [1.54, 1.807) is 6.07 Å². The molecule has 2 aromatic carbocycles. The van der Waals surface area contributed by atoms with Crippen molar-refractivity contribution >= 4 is 27.3 Å². The summed E-state index contributed by atoms with van der Waals surface area (Å²) in [7, 11) is -4.46. The van der Waals surface area contributed by atoms with Crippen LogP contribution in [0.1, 0.15) is 23.2 Å². The second kappa shape index (κ2) is 9.22. The number of hydrogen-bond donors (Lipinski definition) is 0. The zero-order valence-corrected chi connectivity index (χ0v) is 18.7. The molecule has 2 heterocycles. The quantitative estimate of drug-likeness (QED) is 0.357. The molecule has 0 aromatic heterocycles. The first kappa shape index (κ1) is 24.0. The molecule has 0 aliphatic carbocycles. The van der Waals surface area contributed by atoms with Crippen molar-refractivity contribution in [1.82, 2.24) is 9.21 Å². The van der Waals surface area contributed by atoms with Crippen molar-refractivity contribution in [2.75, 3.05) is 44.2 Å². The van der Waals surface area contributed by atoms with E-state index in [1.807, 2.05) is 4.90 Å². The number of nitro benzene ring substituents is 1. The lowest BCUT2D eigenvalue weighted by molar-refractivity contribution is -0.384. The van der Waals surface area contributed by atoms with Gasteiger partial charge in [-0.25, -0.2) is 21.6 Å². The molecule has 2 aromatic rings. The summed E-state index contributed by atoms with van der Waals surface area (Å²) < 4.78 is 67.0. The van der Waals surface area contributed by atoms with E-state index in [0.29, 0.717) is 30.9 Å². The highest BCUT2D eigenvalue weighted by atomic mass is 32.2. The molecule has 9 nitrogen and oxygen atoms in total. The number of anilines is 1. The molecule has 1 amide bonds. The zero-order chi connectivity index (χ0) is 24.6. The maximum atomic E-state index is 14.0. The fraction of sp³-hybridized carbons (Fsp3) is 0.381. The van der Waals surface area contributed by atoms with Crippen molar-refractivity contribution in [2.45, 2.75) is 17.7 Å². The second-order valence-corrected chi connectivity index (χ2v) is 9.93. The van der Waals surface area contributed by atoms with Crippen LogP contribution in [0.4, 0.5) is 24.5 Å². The minimum atomic E-state index is -4.46. The summed E-state index contributed by atoms with van der Waals surface area (Å²) in [6, 6.07) is 5.45. The maximum absolute atomic E-state index is 14.0. The second-order valence-electron chi connectivity index (χ2n) is 8.02. The summed E-state index contributed by atoms with van der Waals surface area (Å²) in [5.74, 6) is -5.69. The first-order chi connectivity index (χ1) is 16.1. The third-order valence-electron chi connectivity index (χ3n) is 6.01. The summed E-state index contributed by atoms with van der Waals surface area (Å²) >= 11 is 0. The van der Waals surface area contributed by atoms with Crippen molar-refractivity contribution in [3.05, 3.63) is 63.5 Å². The molecule has 0 spiro atoms. The van der Waals surface area contributed by atoms with Crippen LogP contribution in [-0.4, -0.2) is 67.7 Å². The highest BCUT2D eigenvalue weighted by Crippen LogP contribution is 2.32. The van der Waals surface area contributed by atoms with E-state index < -0.39 is 43.2 Å². The molecule has 2 aliphatic rings. The molecular weight excluding hydrogens is 477 g/mol. The normalized spacial score (nSPS) is 17.3. The third-order valence-corrected chi connectivity index (χ3v) is 7.93.